The SMILES string of the molecule is C(=Nc1ccccc1)c1cnn(-c2ccccc2)c1. The Hall–Kier alpha value is -2.68. The van der Waals surface area contributed by atoms with Gasteiger partial charge in [-0.25, -0.2) is 4.68 Å². The zero-order valence-electron chi connectivity index (χ0n) is 10.3. The molecule has 3 heteroatoms. The minimum Gasteiger partial charge on any atom is -0.256 e. The molecule has 0 saturated heterocycles. The minimum atomic E-state index is 0.940. The standard InChI is InChI=1S/C16H13N3/c1-3-7-15(8-4-1)17-11-14-12-18-19(13-14)16-9-5-2-6-10-16/h1-13H. The second-order valence-electron chi connectivity index (χ2n) is 4.15. The van der Waals surface area contributed by atoms with Gasteiger partial charge in [-0.1, -0.05) is 36.4 Å². The maximum absolute atomic E-state index is 4.41. The van der Waals surface area contributed by atoms with Gasteiger partial charge in [-0.2, -0.15) is 5.10 Å². The van der Waals surface area contributed by atoms with Gasteiger partial charge >= 0.3 is 0 Å². The van der Waals surface area contributed by atoms with Crippen LogP contribution in [-0.4, -0.2) is 16.0 Å². The Morgan fingerprint density at radius 2 is 1.58 bits per heavy atom. The van der Waals surface area contributed by atoms with Crippen LogP contribution in [0.5, 0.6) is 0 Å². The minimum absolute atomic E-state index is 0.940. The monoisotopic (exact) mass is 247 g/mol. The van der Waals surface area contributed by atoms with Crippen molar-refractivity contribution in [3.63, 3.8) is 0 Å². The van der Waals surface area contributed by atoms with E-state index in [9.17, 15) is 0 Å². The lowest BCUT2D eigenvalue weighted by molar-refractivity contribution is 0.880. The summed E-state index contributed by atoms with van der Waals surface area (Å²) >= 11 is 0. The molecule has 0 aliphatic rings. The van der Waals surface area contributed by atoms with Crippen molar-refractivity contribution in [2.45, 2.75) is 0 Å². The summed E-state index contributed by atoms with van der Waals surface area (Å²) in [6.07, 6.45) is 5.59. The molecule has 0 N–H and O–H groups in total. The first kappa shape index (κ1) is 11.4. The third-order valence-corrected chi connectivity index (χ3v) is 2.74. The van der Waals surface area contributed by atoms with Gasteiger partial charge in [0.15, 0.2) is 0 Å². The van der Waals surface area contributed by atoms with Gasteiger partial charge in [-0.3, -0.25) is 4.99 Å². The molecule has 92 valence electrons. The molecule has 3 aromatic rings. The van der Waals surface area contributed by atoms with E-state index in [1.54, 1.807) is 6.20 Å². The molecule has 1 heterocycles. The van der Waals surface area contributed by atoms with Gasteiger partial charge in [0.05, 0.1) is 17.6 Å². The molecule has 0 radical (unpaired) electrons. The largest absolute Gasteiger partial charge is 0.256 e. The second-order valence-corrected chi connectivity index (χ2v) is 4.15. The third kappa shape index (κ3) is 2.77. The highest BCUT2D eigenvalue weighted by molar-refractivity contribution is 5.81. The van der Waals surface area contributed by atoms with Gasteiger partial charge in [-0.15, -0.1) is 0 Å². The number of aliphatic imine (C=N–C) groups is 1. The molecule has 3 rings (SSSR count). The molecule has 0 aliphatic heterocycles. The summed E-state index contributed by atoms with van der Waals surface area (Å²) in [6, 6.07) is 19.9. The van der Waals surface area contributed by atoms with E-state index in [-0.39, 0.29) is 0 Å². The van der Waals surface area contributed by atoms with Crippen LogP contribution in [0.4, 0.5) is 5.69 Å². The summed E-state index contributed by atoms with van der Waals surface area (Å²) in [7, 11) is 0. The Bertz CT molecular complexity index is 669. The highest BCUT2D eigenvalue weighted by Gasteiger charge is 1.97. The fourth-order valence-electron chi connectivity index (χ4n) is 1.79. The van der Waals surface area contributed by atoms with E-state index >= 15 is 0 Å². The number of benzene rings is 2. The molecule has 2 aromatic carbocycles. The fraction of sp³-hybridized carbons (Fsp3) is 0. The van der Waals surface area contributed by atoms with Crippen LogP contribution in [0.15, 0.2) is 78.0 Å². The quantitative estimate of drug-likeness (QED) is 0.650. The number of aromatic nitrogens is 2. The number of rotatable bonds is 3. The van der Waals surface area contributed by atoms with Crippen LogP contribution in [0.2, 0.25) is 0 Å². The van der Waals surface area contributed by atoms with Crippen molar-refractivity contribution in [1.82, 2.24) is 9.78 Å². The predicted molar refractivity (Wildman–Crippen MR) is 77.3 cm³/mol. The van der Waals surface area contributed by atoms with Crippen molar-refractivity contribution < 1.29 is 0 Å². The summed E-state index contributed by atoms with van der Waals surface area (Å²) in [5.74, 6) is 0. The molecule has 0 aliphatic carbocycles. The normalized spacial score (nSPS) is 10.9. The number of para-hydroxylation sites is 2. The first-order valence-corrected chi connectivity index (χ1v) is 6.11. The number of nitrogens with zero attached hydrogens (tertiary/aromatic N) is 3. The van der Waals surface area contributed by atoms with Crippen molar-refractivity contribution in [3.8, 4) is 5.69 Å². The van der Waals surface area contributed by atoms with Crippen molar-refractivity contribution in [1.29, 1.82) is 0 Å². The number of hydrogen-bond acceptors (Lipinski definition) is 2. The lowest BCUT2D eigenvalue weighted by Crippen LogP contribution is -1.92. The van der Waals surface area contributed by atoms with E-state index in [1.807, 2.05) is 77.8 Å². The molecule has 0 amide bonds. The van der Waals surface area contributed by atoms with Gasteiger partial charge in [-0.05, 0) is 24.3 Å². The van der Waals surface area contributed by atoms with Crippen molar-refractivity contribution in [2.75, 3.05) is 0 Å². The van der Waals surface area contributed by atoms with E-state index in [1.165, 1.54) is 0 Å². The zero-order chi connectivity index (χ0) is 12.9. The first-order chi connectivity index (χ1) is 9.42. The Balaban J connectivity index is 1.81. The molecule has 0 bridgehead atoms. The summed E-state index contributed by atoms with van der Waals surface area (Å²) < 4.78 is 1.84. The summed E-state index contributed by atoms with van der Waals surface area (Å²) in [5.41, 5.74) is 2.96. The van der Waals surface area contributed by atoms with Crippen LogP contribution >= 0.6 is 0 Å². The highest BCUT2D eigenvalue weighted by Crippen LogP contribution is 2.10. The Labute approximate surface area is 111 Å². The van der Waals surface area contributed by atoms with E-state index in [4.69, 9.17) is 0 Å². The van der Waals surface area contributed by atoms with Crippen molar-refractivity contribution >= 4 is 11.9 Å². The van der Waals surface area contributed by atoms with E-state index < -0.39 is 0 Å². The molecule has 19 heavy (non-hydrogen) atoms. The molecule has 0 fully saturated rings. The molecule has 0 atom stereocenters. The average Bonchev–Trinajstić information content (AvgIpc) is 2.96. The molecular weight excluding hydrogens is 234 g/mol. The zero-order valence-corrected chi connectivity index (χ0v) is 10.3. The molecule has 0 saturated carbocycles. The molecular formula is C16H13N3. The van der Waals surface area contributed by atoms with Gasteiger partial charge in [0.1, 0.15) is 0 Å². The topological polar surface area (TPSA) is 30.2 Å². The van der Waals surface area contributed by atoms with E-state index in [2.05, 4.69) is 10.1 Å². The summed E-state index contributed by atoms with van der Waals surface area (Å²) in [5, 5.41) is 4.32. The average molecular weight is 247 g/mol. The lowest BCUT2D eigenvalue weighted by Gasteiger charge is -1.98. The first-order valence-electron chi connectivity index (χ1n) is 6.11. The smallest absolute Gasteiger partial charge is 0.0645 e. The molecule has 1 aromatic heterocycles. The van der Waals surface area contributed by atoms with Gasteiger partial charge in [0.2, 0.25) is 0 Å². The molecule has 3 nitrogen and oxygen atoms in total. The van der Waals surface area contributed by atoms with Crippen LogP contribution in [0, 0.1) is 0 Å². The molecule has 0 spiro atoms. The number of hydrogen-bond donors (Lipinski definition) is 0. The third-order valence-electron chi connectivity index (χ3n) is 2.74. The van der Waals surface area contributed by atoms with Crippen LogP contribution in [0.25, 0.3) is 5.69 Å². The Kier molecular flexibility index (Phi) is 3.19. The fourth-order valence-corrected chi connectivity index (χ4v) is 1.79. The molecule has 0 unspecified atom stereocenters. The van der Waals surface area contributed by atoms with Crippen LogP contribution in [-0.2, 0) is 0 Å². The van der Waals surface area contributed by atoms with Crippen molar-refractivity contribution in [2.24, 2.45) is 4.99 Å². The van der Waals surface area contributed by atoms with Crippen LogP contribution in [0.1, 0.15) is 5.56 Å². The highest BCUT2D eigenvalue weighted by atomic mass is 15.3. The predicted octanol–water partition coefficient (Wildman–Crippen LogP) is 3.62. The van der Waals surface area contributed by atoms with Crippen LogP contribution in [0.3, 0.4) is 0 Å². The van der Waals surface area contributed by atoms with Crippen LogP contribution < -0.4 is 0 Å². The van der Waals surface area contributed by atoms with Crippen molar-refractivity contribution in [3.05, 3.63) is 78.6 Å². The van der Waals surface area contributed by atoms with Gasteiger partial charge < -0.3 is 0 Å². The maximum Gasteiger partial charge on any atom is 0.0645 e. The van der Waals surface area contributed by atoms with E-state index in [0.29, 0.717) is 0 Å². The van der Waals surface area contributed by atoms with Gasteiger partial charge in [0, 0.05) is 18.0 Å². The van der Waals surface area contributed by atoms with Gasteiger partial charge in [0.25, 0.3) is 0 Å². The summed E-state index contributed by atoms with van der Waals surface area (Å²) in [6.45, 7) is 0. The lowest BCUT2D eigenvalue weighted by atomic mass is 10.3. The Morgan fingerprint density at radius 3 is 2.32 bits per heavy atom. The summed E-state index contributed by atoms with van der Waals surface area (Å²) in [4.78, 5) is 4.41. The maximum atomic E-state index is 4.41. The second kappa shape index (κ2) is 5.31. The Morgan fingerprint density at radius 1 is 0.895 bits per heavy atom. The van der Waals surface area contributed by atoms with E-state index in [0.717, 1.165) is 16.9 Å².